The Morgan fingerprint density at radius 1 is 0.817 bits per heavy atom. The molecular weight excluding hydrogens is 763 g/mol. The standard InChI is InChI=1S/C45H55N9O6/c1-51(29-30-16-24-53(25-17-30)44(58)33-7-11-34(12-8-33)54-28-20-38(55)50-45(54)59)23-21-39(56)52-26-18-31(19-27-52)37-15-22-48-43(49-37)40(42(47)57)41(46)32-9-13-36(14-10-32)60-35-5-3-2-4-6-35/h2-14,30-31,37,46,48-49H,15-29H2,1H3,(H2,47,57)(H,50,55,59)/b43-40+,46-41?/t37-/m0/s1. The zero-order chi connectivity index (χ0) is 42.2. The van der Waals surface area contributed by atoms with Crippen molar-refractivity contribution in [3.8, 4) is 11.5 Å². The van der Waals surface area contributed by atoms with E-state index in [1.807, 2.05) is 40.1 Å². The molecule has 3 aromatic carbocycles. The average Bonchev–Trinajstić information content (AvgIpc) is 3.26. The molecule has 4 saturated heterocycles. The maximum absolute atomic E-state index is 13.3. The Labute approximate surface area is 350 Å². The Balaban J connectivity index is 0.823. The van der Waals surface area contributed by atoms with Crippen LogP contribution in [-0.2, 0) is 14.4 Å². The summed E-state index contributed by atoms with van der Waals surface area (Å²) in [5.74, 6) is 1.70. The van der Waals surface area contributed by atoms with Gasteiger partial charge in [-0.3, -0.25) is 34.8 Å². The van der Waals surface area contributed by atoms with Crippen LogP contribution >= 0.6 is 0 Å². The number of nitrogens with one attached hydrogen (secondary N) is 4. The van der Waals surface area contributed by atoms with Crippen LogP contribution in [0.4, 0.5) is 10.5 Å². The monoisotopic (exact) mass is 817 g/mol. The summed E-state index contributed by atoms with van der Waals surface area (Å²) in [6.07, 6.45) is 5.01. The molecule has 0 saturated carbocycles. The molecule has 6 amide bonds. The van der Waals surface area contributed by atoms with Gasteiger partial charge in [-0.15, -0.1) is 0 Å². The number of likely N-dealkylation sites (tertiary alicyclic amines) is 2. The topological polar surface area (TPSA) is 194 Å². The maximum atomic E-state index is 13.3. The Bertz CT molecular complexity index is 2080. The van der Waals surface area contributed by atoms with Crippen LogP contribution < -0.4 is 31.3 Å². The highest BCUT2D eigenvalue weighted by atomic mass is 16.5. The van der Waals surface area contributed by atoms with Crippen LogP contribution in [0.2, 0.25) is 0 Å². The smallest absolute Gasteiger partial charge is 0.328 e. The van der Waals surface area contributed by atoms with E-state index in [-0.39, 0.29) is 41.5 Å². The lowest BCUT2D eigenvalue weighted by Crippen LogP contribution is -2.51. The number of nitrogens with two attached hydrogens (primary N) is 1. The zero-order valence-electron chi connectivity index (χ0n) is 34.2. The van der Waals surface area contributed by atoms with Crippen molar-refractivity contribution in [1.82, 2.24) is 30.7 Å². The third-order valence-corrected chi connectivity index (χ3v) is 12.1. The molecule has 1 atom stereocenters. The SMILES string of the molecule is CN(CCC(=O)N1CCC([C@@H]2CCN/C(=C(/C(=N)c3ccc(Oc4ccccc4)cc3)C(N)=O)N2)CC1)CC1CCN(C(=O)c2ccc(N3CCC(=O)NC3=O)cc2)CC1. The van der Waals surface area contributed by atoms with E-state index >= 15 is 0 Å². The van der Waals surface area contributed by atoms with E-state index in [4.69, 9.17) is 15.9 Å². The number of rotatable bonds is 13. The number of amides is 6. The minimum atomic E-state index is -0.683. The summed E-state index contributed by atoms with van der Waals surface area (Å²) < 4.78 is 5.88. The van der Waals surface area contributed by atoms with Crippen LogP contribution in [0.1, 0.15) is 60.9 Å². The van der Waals surface area contributed by atoms with Crippen molar-refractivity contribution in [3.05, 3.63) is 101 Å². The summed E-state index contributed by atoms with van der Waals surface area (Å²) >= 11 is 0. The predicted molar refractivity (Wildman–Crippen MR) is 228 cm³/mol. The summed E-state index contributed by atoms with van der Waals surface area (Å²) in [6, 6.07) is 23.1. The summed E-state index contributed by atoms with van der Waals surface area (Å²) in [6.45, 7) is 5.17. The van der Waals surface area contributed by atoms with Gasteiger partial charge in [0.15, 0.2) is 0 Å². The number of carbonyl (C=O) groups excluding carboxylic acids is 5. The molecule has 60 heavy (non-hydrogen) atoms. The van der Waals surface area contributed by atoms with Gasteiger partial charge in [0, 0.05) is 88.1 Å². The average molecular weight is 818 g/mol. The molecule has 4 aliphatic rings. The van der Waals surface area contributed by atoms with Crippen LogP contribution in [0.5, 0.6) is 11.5 Å². The molecule has 15 heteroatoms. The Kier molecular flexibility index (Phi) is 13.4. The van der Waals surface area contributed by atoms with Crippen LogP contribution in [0.15, 0.2) is 90.3 Å². The fourth-order valence-electron chi connectivity index (χ4n) is 8.63. The lowest BCUT2D eigenvalue weighted by atomic mass is 9.86. The number of nitrogens with zero attached hydrogens (tertiary/aromatic N) is 4. The highest BCUT2D eigenvalue weighted by Gasteiger charge is 2.33. The van der Waals surface area contributed by atoms with E-state index in [0.29, 0.717) is 98.2 Å². The third-order valence-electron chi connectivity index (χ3n) is 12.1. The van der Waals surface area contributed by atoms with Gasteiger partial charge in [-0.2, -0.15) is 0 Å². The first-order valence-electron chi connectivity index (χ1n) is 21.0. The van der Waals surface area contributed by atoms with Crippen molar-refractivity contribution in [2.75, 3.05) is 64.3 Å². The molecular formula is C45H55N9O6. The van der Waals surface area contributed by atoms with Crippen LogP contribution in [0, 0.1) is 17.2 Å². The fourth-order valence-corrected chi connectivity index (χ4v) is 8.63. The van der Waals surface area contributed by atoms with Gasteiger partial charge in [0.2, 0.25) is 11.8 Å². The van der Waals surface area contributed by atoms with E-state index in [1.165, 1.54) is 4.90 Å². The van der Waals surface area contributed by atoms with Gasteiger partial charge in [0.05, 0.1) is 5.71 Å². The molecule has 0 bridgehead atoms. The second-order valence-corrected chi connectivity index (χ2v) is 16.2. The number of anilines is 1. The minimum Gasteiger partial charge on any atom is -0.457 e. The van der Waals surface area contributed by atoms with E-state index in [1.54, 1.807) is 48.5 Å². The Hall–Kier alpha value is -6.22. The molecule has 4 fully saturated rings. The van der Waals surface area contributed by atoms with Gasteiger partial charge in [-0.05, 0) is 112 Å². The number of hydrogen-bond acceptors (Lipinski definition) is 10. The number of piperidine rings is 2. The van der Waals surface area contributed by atoms with E-state index in [2.05, 4.69) is 27.9 Å². The van der Waals surface area contributed by atoms with Gasteiger partial charge in [0.25, 0.3) is 11.8 Å². The number of benzene rings is 3. The molecule has 0 unspecified atom stereocenters. The number of para-hydroxylation sites is 1. The molecule has 15 nitrogen and oxygen atoms in total. The van der Waals surface area contributed by atoms with Crippen molar-refractivity contribution < 1.29 is 28.7 Å². The molecule has 0 spiro atoms. The Morgan fingerprint density at radius 2 is 1.47 bits per heavy atom. The second kappa shape index (κ2) is 19.2. The first-order chi connectivity index (χ1) is 29.0. The highest BCUT2D eigenvalue weighted by Crippen LogP contribution is 2.28. The van der Waals surface area contributed by atoms with Crippen LogP contribution in [-0.4, -0.2) is 116 Å². The quantitative estimate of drug-likeness (QED) is 0.125. The largest absolute Gasteiger partial charge is 0.457 e. The van der Waals surface area contributed by atoms with Crippen molar-refractivity contribution in [1.29, 1.82) is 5.41 Å². The molecule has 316 valence electrons. The number of primary amides is 1. The molecule has 4 heterocycles. The number of carbonyl (C=O) groups is 5. The highest BCUT2D eigenvalue weighted by molar-refractivity contribution is 6.26. The summed E-state index contributed by atoms with van der Waals surface area (Å²) in [5.41, 5.74) is 7.76. The summed E-state index contributed by atoms with van der Waals surface area (Å²) in [5, 5.41) is 18.0. The minimum absolute atomic E-state index is 0.0295. The lowest BCUT2D eigenvalue weighted by Gasteiger charge is -2.40. The van der Waals surface area contributed by atoms with Crippen LogP contribution in [0.3, 0.4) is 0 Å². The third kappa shape index (κ3) is 10.3. The normalized spacial score (nSPS) is 19.9. The fraction of sp³-hybridized carbons (Fsp3) is 0.422. The van der Waals surface area contributed by atoms with Gasteiger partial charge in [0.1, 0.15) is 22.9 Å². The summed E-state index contributed by atoms with van der Waals surface area (Å²) in [7, 11) is 2.06. The van der Waals surface area contributed by atoms with Crippen molar-refractivity contribution in [3.63, 3.8) is 0 Å². The predicted octanol–water partition coefficient (Wildman–Crippen LogP) is 4.05. The number of urea groups is 1. The van der Waals surface area contributed by atoms with E-state index in [9.17, 15) is 24.0 Å². The number of hydrogen-bond donors (Lipinski definition) is 5. The first kappa shape index (κ1) is 41.9. The molecule has 6 N–H and O–H groups in total. The number of ether oxygens (including phenoxy) is 1. The molecule has 0 aliphatic carbocycles. The van der Waals surface area contributed by atoms with Crippen molar-refractivity contribution in [2.45, 2.75) is 51.0 Å². The molecule has 3 aromatic rings. The molecule has 0 aromatic heterocycles. The second-order valence-electron chi connectivity index (χ2n) is 16.2. The van der Waals surface area contributed by atoms with Gasteiger partial charge >= 0.3 is 6.03 Å². The molecule has 7 rings (SSSR count). The van der Waals surface area contributed by atoms with Crippen LogP contribution in [0.25, 0.3) is 0 Å². The van der Waals surface area contributed by atoms with E-state index < -0.39 is 11.9 Å². The van der Waals surface area contributed by atoms with Gasteiger partial charge in [-0.1, -0.05) is 18.2 Å². The van der Waals surface area contributed by atoms with Crippen molar-refractivity contribution in [2.24, 2.45) is 17.6 Å². The maximum Gasteiger partial charge on any atom is 0.328 e. The first-order valence-corrected chi connectivity index (χ1v) is 21.0. The van der Waals surface area contributed by atoms with Crippen molar-refractivity contribution >= 4 is 41.1 Å². The molecule has 0 radical (unpaired) electrons. The number of imide groups is 1. The lowest BCUT2D eigenvalue weighted by molar-refractivity contribution is -0.133. The molecule has 4 aliphatic heterocycles. The van der Waals surface area contributed by atoms with Gasteiger partial charge in [-0.25, -0.2) is 4.79 Å². The van der Waals surface area contributed by atoms with Gasteiger partial charge < -0.3 is 35.8 Å². The summed E-state index contributed by atoms with van der Waals surface area (Å²) in [4.78, 5) is 70.5. The van der Waals surface area contributed by atoms with E-state index in [0.717, 1.165) is 38.6 Å². The Morgan fingerprint density at radius 3 is 2.13 bits per heavy atom. The zero-order valence-corrected chi connectivity index (χ0v) is 34.2.